The van der Waals surface area contributed by atoms with Crippen molar-refractivity contribution < 1.29 is 9.15 Å². The van der Waals surface area contributed by atoms with Gasteiger partial charge in [0.1, 0.15) is 28.9 Å². The molecule has 0 spiro atoms. The van der Waals surface area contributed by atoms with Crippen LogP contribution in [0, 0.1) is 18.3 Å². The average molecular weight is 267 g/mol. The highest BCUT2D eigenvalue weighted by Crippen LogP contribution is 2.43. The number of ether oxygens (including phenoxy) is 1. The van der Waals surface area contributed by atoms with Crippen LogP contribution in [0.3, 0.4) is 0 Å². The smallest absolute Gasteiger partial charge is 0.205 e. The van der Waals surface area contributed by atoms with E-state index in [0.717, 1.165) is 11.3 Å². The van der Waals surface area contributed by atoms with Crippen LogP contribution in [0.4, 0.5) is 5.69 Å². The number of hydrogen-bond acceptors (Lipinski definition) is 5. The van der Waals surface area contributed by atoms with Gasteiger partial charge in [0.25, 0.3) is 0 Å². The van der Waals surface area contributed by atoms with Crippen molar-refractivity contribution in [1.29, 1.82) is 5.26 Å². The Morgan fingerprint density at radius 2 is 2.00 bits per heavy atom. The van der Waals surface area contributed by atoms with Gasteiger partial charge in [0.05, 0.1) is 5.92 Å². The van der Waals surface area contributed by atoms with Crippen LogP contribution in [0.5, 0.6) is 5.75 Å². The van der Waals surface area contributed by atoms with Crippen molar-refractivity contribution in [2.75, 3.05) is 5.73 Å². The van der Waals surface area contributed by atoms with Gasteiger partial charge in [-0.25, -0.2) is 0 Å². The molecular formula is C15H13N3O2. The highest BCUT2D eigenvalue weighted by Gasteiger charge is 2.32. The minimum absolute atomic E-state index is 0.0876. The summed E-state index contributed by atoms with van der Waals surface area (Å²) in [6.07, 6.45) is 0. The summed E-state index contributed by atoms with van der Waals surface area (Å²) in [6.45, 7) is 1.85. The first-order valence-corrected chi connectivity index (χ1v) is 6.13. The number of nitrogen functional groups attached to an aromatic ring is 1. The standard InChI is InChI=1S/C15H13N3O2/c1-8-2-5-12(19-8)14-10-4-3-9(17)6-13(10)20-15(18)11(14)7-16/h2-6,14H,17-18H2,1H3. The fraction of sp³-hybridized carbons (Fsp3) is 0.133. The van der Waals surface area contributed by atoms with Crippen molar-refractivity contribution in [3.63, 3.8) is 0 Å². The fourth-order valence-electron chi connectivity index (χ4n) is 2.37. The summed E-state index contributed by atoms with van der Waals surface area (Å²) in [5, 5.41) is 9.35. The monoisotopic (exact) mass is 267 g/mol. The number of nitrogens with zero attached hydrogens (tertiary/aromatic N) is 1. The van der Waals surface area contributed by atoms with Gasteiger partial charge in [-0.2, -0.15) is 5.26 Å². The van der Waals surface area contributed by atoms with Crippen molar-refractivity contribution in [3.05, 3.63) is 58.9 Å². The first kappa shape index (κ1) is 12.2. The van der Waals surface area contributed by atoms with Gasteiger partial charge >= 0.3 is 0 Å². The van der Waals surface area contributed by atoms with Crippen LogP contribution < -0.4 is 16.2 Å². The lowest BCUT2D eigenvalue weighted by Gasteiger charge is -2.24. The largest absolute Gasteiger partial charge is 0.465 e. The average Bonchev–Trinajstić information content (AvgIpc) is 2.83. The molecule has 0 saturated carbocycles. The molecule has 0 aliphatic carbocycles. The van der Waals surface area contributed by atoms with Crippen molar-refractivity contribution in [1.82, 2.24) is 0 Å². The van der Waals surface area contributed by atoms with Crippen LogP contribution in [0.25, 0.3) is 0 Å². The molecule has 1 aliphatic heterocycles. The van der Waals surface area contributed by atoms with Gasteiger partial charge in [-0.15, -0.1) is 0 Å². The molecule has 1 aromatic carbocycles. The molecule has 5 nitrogen and oxygen atoms in total. The molecule has 1 aromatic heterocycles. The number of furan rings is 1. The van der Waals surface area contributed by atoms with Gasteiger partial charge in [0, 0.05) is 17.3 Å². The third-order valence-electron chi connectivity index (χ3n) is 3.29. The summed E-state index contributed by atoms with van der Waals surface area (Å²) in [5.41, 5.74) is 13.3. The minimum Gasteiger partial charge on any atom is -0.465 e. The van der Waals surface area contributed by atoms with E-state index in [1.165, 1.54) is 0 Å². The van der Waals surface area contributed by atoms with E-state index in [1.807, 2.05) is 25.1 Å². The number of aryl methyl sites for hydroxylation is 1. The maximum absolute atomic E-state index is 9.35. The Morgan fingerprint density at radius 3 is 2.65 bits per heavy atom. The predicted molar refractivity (Wildman–Crippen MR) is 73.6 cm³/mol. The number of nitriles is 1. The Labute approximate surface area is 116 Å². The molecule has 0 saturated heterocycles. The lowest BCUT2D eigenvalue weighted by Crippen LogP contribution is -2.20. The summed E-state index contributed by atoms with van der Waals surface area (Å²) in [6, 6.07) is 11.1. The third-order valence-corrected chi connectivity index (χ3v) is 3.29. The van der Waals surface area contributed by atoms with Crippen molar-refractivity contribution in [2.24, 2.45) is 5.73 Å². The number of nitrogens with two attached hydrogens (primary N) is 2. The van der Waals surface area contributed by atoms with Gasteiger partial charge in [-0.05, 0) is 25.1 Å². The number of hydrogen-bond donors (Lipinski definition) is 2. The summed E-state index contributed by atoms with van der Waals surface area (Å²) in [5.74, 6) is 1.72. The summed E-state index contributed by atoms with van der Waals surface area (Å²) < 4.78 is 11.2. The van der Waals surface area contributed by atoms with E-state index in [1.54, 1.807) is 12.1 Å². The van der Waals surface area contributed by atoms with E-state index < -0.39 is 0 Å². The predicted octanol–water partition coefficient (Wildman–Crippen LogP) is 2.39. The molecule has 0 bridgehead atoms. The van der Waals surface area contributed by atoms with Crippen LogP contribution in [0.1, 0.15) is 23.0 Å². The molecule has 5 heteroatoms. The first-order chi connectivity index (χ1) is 9.60. The van der Waals surface area contributed by atoms with Crippen molar-refractivity contribution in [3.8, 4) is 11.8 Å². The number of benzene rings is 1. The molecule has 3 rings (SSSR count). The molecule has 0 radical (unpaired) electrons. The first-order valence-electron chi connectivity index (χ1n) is 6.13. The Kier molecular flexibility index (Phi) is 2.65. The lowest BCUT2D eigenvalue weighted by molar-refractivity contribution is 0.382. The quantitative estimate of drug-likeness (QED) is 0.773. The Hall–Kier alpha value is -2.87. The Balaban J connectivity index is 2.22. The van der Waals surface area contributed by atoms with Gasteiger partial charge in [0.2, 0.25) is 5.88 Å². The molecule has 20 heavy (non-hydrogen) atoms. The van der Waals surface area contributed by atoms with E-state index in [4.69, 9.17) is 20.6 Å². The molecule has 2 aromatic rings. The summed E-state index contributed by atoms with van der Waals surface area (Å²) in [4.78, 5) is 0. The van der Waals surface area contributed by atoms with Gasteiger partial charge in [0.15, 0.2) is 0 Å². The van der Waals surface area contributed by atoms with Gasteiger partial charge < -0.3 is 20.6 Å². The van der Waals surface area contributed by atoms with Crippen LogP contribution in [-0.2, 0) is 0 Å². The normalized spacial score (nSPS) is 17.3. The van der Waals surface area contributed by atoms with Gasteiger partial charge in [-0.3, -0.25) is 0 Å². The number of anilines is 1. The molecule has 0 fully saturated rings. The molecular weight excluding hydrogens is 254 g/mol. The highest BCUT2D eigenvalue weighted by molar-refractivity contribution is 5.58. The van der Waals surface area contributed by atoms with Crippen LogP contribution in [-0.4, -0.2) is 0 Å². The number of fused-ring (bicyclic) bond motifs is 1. The fourth-order valence-corrected chi connectivity index (χ4v) is 2.37. The van der Waals surface area contributed by atoms with E-state index >= 15 is 0 Å². The molecule has 1 unspecified atom stereocenters. The Bertz CT molecular complexity index is 753. The number of rotatable bonds is 1. The van der Waals surface area contributed by atoms with Crippen molar-refractivity contribution in [2.45, 2.75) is 12.8 Å². The van der Waals surface area contributed by atoms with Crippen LogP contribution >= 0.6 is 0 Å². The zero-order valence-electron chi connectivity index (χ0n) is 10.9. The van der Waals surface area contributed by atoms with Crippen molar-refractivity contribution >= 4 is 5.69 Å². The third kappa shape index (κ3) is 1.79. The molecule has 0 amide bonds. The lowest BCUT2D eigenvalue weighted by atomic mass is 9.87. The molecule has 1 atom stereocenters. The summed E-state index contributed by atoms with van der Waals surface area (Å²) >= 11 is 0. The van der Waals surface area contributed by atoms with E-state index in [2.05, 4.69) is 6.07 Å². The second-order valence-corrected chi connectivity index (χ2v) is 4.67. The highest BCUT2D eigenvalue weighted by atomic mass is 16.5. The molecule has 4 N–H and O–H groups in total. The molecule has 100 valence electrons. The molecule has 2 heterocycles. The maximum atomic E-state index is 9.35. The second-order valence-electron chi connectivity index (χ2n) is 4.67. The van der Waals surface area contributed by atoms with E-state index in [-0.39, 0.29) is 11.8 Å². The minimum atomic E-state index is -0.363. The summed E-state index contributed by atoms with van der Waals surface area (Å²) in [7, 11) is 0. The van der Waals surface area contributed by atoms with Gasteiger partial charge in [-0.1, -0.05) is 6.07 Å². The zero-order valence-corrected chi connectivity index (χ0v) is 10.9. The van der Waals surface area contributed by atoms with Crippen LogP contribution in [0.15, 0.2) is 46.2 Å². The van der Waals surface area contributed by atoms with E-state index in [0.29, 0.717) is 22.8 Å². The SMILES string of the molecule is Cc1ccc(C2C(C#N)=C(N)Oc3cc(N)ccc32)o1. The topological polar surface area (TPSA) is 98.2 Å². The maximum Gasteiger partial charge on any atom is 0.205 e. The van der Waals surface area contributed by atoms with E-state index in [9.17, 15) is 5.26 Å². The number of allylic oxidation sites excluding steroid dienone is 1. The second kappa shape index (κ2) is 4.35. The van der Waals surface area contributed by atoms with Crippen LogP contribution in [0.2, 0.25) is 0 Å². The zero-order chi connectivity index (χ0) is 14.3. The molecule has 1 aliphatic rings. The Morgan fingerprint density at radius 1 is 1.20 bits per heavy atom.